The number of Topliss-reactive ketones (excluding diaryl/α,β-unsaturated/α-hetero) is 4. The molecule has 0 heterocycles. The molecule has 0 amide bonds. The summed E-state index contributed by atoms with van der Waals surface area (Å²) in [5.41, 5.74) is 0.599. The SMILES string of the molecule is COc1ccc(C(=O)CC(=O)C(=O)CC(=O)c2ccc(OC)cc2)cc1. The van der Waals surface area contributed by atoms with E-state index in [2.05, 4.69) is 0 Å². The maximum absolute atomic E-state index is 12.1. The lowest BCUT2D eigenvalue weighted by molar-refractivity contribution is -0.135. The van der Waals surface area contributed by atoms with Crippen molar-refractivity contribution in [1.29, 1.82) is 0 Å². The van der Waals surface area contributed by atoms with Crippen LogP contribution in [0.4, 0.5) is 0 Å². The average molecular weight is 354 g/mol. The predicted octanol–water partition coefficient (Wildman–Crippen LogP) is 2.69. The van der Waals surface area contributed by atoms with E-state index in [1.165, 1.54) is 38.5 Å². The minimum atomic E-state index is -0.882. The molecule has 2 aromatic rings. The molecule has 0 fully saturated rings. The Balaban J connectivity index is 1.94. The molecule has 0 aliphatic carbocycles. The summed E-state index contributed by atoms with van der Waals surface area (Å²) >= 11 is 0. The lowest BCUT2D eigenvalue weighted by atomic mass is 9.99. The van der Waals surface area contributed by atoms with Gasteiger partial charge in [-0.2, -0.15) is 0 Å². The number of carbonyl (C=O) groups is 4. The molecule has 6 nitrogen and oxygen atoms in total. The molecule has 2 rings (SSSR count). The van der Waals surface area contributed by atoms with Gasteiger partial charge in [-0.15, -0.1) is 0 Å². The third-order valence-electron chi connectivity index (χ3n) is 3.78. The zero-order valence-electron chi connectivity index (χ0n) is 14.5. The zero-order valence-corrected chi connectivity index (χ0v) is 14.5. The summed E-state index contributed by atoms with van der Waals surface area (Å²) in [6.07, 6.45) is -1.14. The maximum Gasteiger partial charge on any atom is 0.206 e. The van der Waals surface area contributed by atoms with Crippen molar-refractivity contribution in [2.24, 2.45) is 0 Å². The number of ether oxygens (including phenoxy) is 2. The maximum atomic E-state index is 12.1. The summed E-state index contributed by atoms with van der Waals surface area (Å²) in [4.78, 5) is 48.0. The van der Waals surface area contributed by atoms with Gasteiger partial charge in [-0.05, 0) is 48.5 Å². The number of rotatable bonds is 9. The van der Waals surface area contributed by atoms with Gasteiger partial charge in [-0.25, -0.2) is 0 Å². The summed E-state index contributed by atoms with van der Waals surface area (Å²) in [5, 5.41) is 0. The van der Waals surface area contributed by atoms with E-state index in [1.807, 2.05) is 0 Å². The first-order valence-electron chi connectivity index (χ1n) is 7.85. The number of hydrogen-bond acceptors (Lipinski definition) is 6. The van der Waals surface area contributed by atoms with E-state index in [4.69, 9.17) is 9.47 Å². The van der Waals surface area contributed by atoms with Crippen LogP contribution in [0, 0.1) is 0 Å². The van der Waals surface area contributed by atoms with Gasteiger partial charge in [0.25, 0.3) is 0 Å². The second-order valence-electron chi connectivity index (χ2n) is 5.50. The Morgan fingerprint density at radius 2 is 0.923 bits per heavy atom. The molecule has 0 spiro atoms. The second kappa shape index (κ2) is 8.71. The van der Waals surface area contributed by atoms with Crippen molar-refractivity contribution in [3.63, 3.8) is 0 Å². The van der Waals surface area contributed by atoms with Crippen LogP contribution < -0.4 is 9.47 Å². The van der Waals surface area contributed by atoms with Gasteiger partial charge >= 0.3 is 0 Å². The molecule has 0 N–H and O–H groups in total. The van der Waals surface area contributed by atoms with E-state index in [-0.39, 0.29) is 0 Å². The van der Waals surface area contributed by atoms with Crippen LogP contribution in [0.15, 0.2) is 48.5 Å². The van der Waals surface area contributed by atoms with Crippen LogP contribution in [-0.4, -0.2) is 37.4 Å². The molecule has 134 valence electrons. The van der Waals surface area contributed by atoms with E-state index >= 15 is 0 Å². The van der Waals surface area contributed by atoms with Gasteiger partial charge in [0.15, 0.2) is 11.6 Å². The third-order valence-corrected chi connectivity index (χ3v) is 3.78. The Kier molecular flexibility index (Phi) is 6.38. The van der Waals surface area contributed by atoms with Crippen LogP contribution in [0.1, 0.15) is 33.6 Å². The molecular formula is C20H18O6. The Bertz CT molecular complexity index is 747. The molecule has 0 aromatic heterocycles. The van der Waals surface area contributed by atoms with E-state index in [9.17, 15) is 19.2 Å². The highest BCUT2D eigenvalue weighted by Gasteiger charge is 2.22. The monoisotopic (exact) mass is 354 g/mol. The standard InChI is InChI=1S/C20H18O6/c1-25-15-7-3-13(4-8-15)17(21)11-19(23)20(24)12-18(22)14-5-9-16(26-2)10-6-14/h3-10H,11-12H2,1-2H3. The fraction of sp³-hybridized carbons (Fsp3) is 0.200. The second-order valence-corrected chi connectivity index (χ2v) is 5.50. The molecule has 2 aromatic carbocycles. The number of hydrogen-bond donors (Lipinski definition) is 0. The summed E-state index contributed by atoms with van der Waals surface area (Å²) in [6, 6.07) is 12.4. The number of benzene rings is 2. The molecule has 6 heteroatoms. The fourth-order valence-corrected chi connectivity index (χ4v) is 2.25. The van der Waals surface area contributed by atoms with E-state index in [0.717, 1.165) is 0 Å². The van der Waals surface area contributed by atoms with E-state index in [0.29, 0.717) is 22.6 Å². The fourth-order valence-electron chi connectivity index (χ4n) is 2.25. The number of ketones is 4. The lowest BCUT2D eigenvalue weighted by Crippen LogP contribution is -2.21. The normalized spacial score (nSPS) is 10.1. The summed E-state index contributed by atoms with van der Waals surface area (Å²) in [7, 11) is 3.00. The topological polar surface area (TPSA) is 86.7 Å². The van der Waals surface area contributed by atoms with E-state index < -0.39 is 36.0 Å². The largest absolute Gasteiger partial charge is 0.497 e. The Morgan fingerprint density at radius 1 is 0.615 bits per heavy atom. The predicted molar refractivity (Wildman–Crippen MR) is 93.9 cm³/mol. The Hall–Kier alpha value is -3.28. The van der Waals surface area contributed by atoms with Crippen molar-refractivity contribution in [2.75, 3.05) is 14.2 Å². The van der Waals surface area contributed by atoms with Crippen molar-refractivity contribution >= 4 is 23.1 Å². The molecule has 0 saturated carbocycles. The number of carbonyl (C=O) groups excluding carboxylic acids is 4. The quantitative estimate of drug-likeness (QED) is 0.391. The third kappa shape index (κ3) is 4.86. The molecule has 26 heavy (non-hydrogen) atoms. The minimum Gasteiger partial charge on any atom is -0.497 e. The van der Waals surface area contributed by atoms with Crippen molar-refractivity contribution in [3.8, 4) is 11.5 Å². The highest BCUT2D eigenvalue weighted by Crippen LogP contribution is 2.15. The van der Waals surface area contributed by atoms with Crippen molar-refractivity contribution in [2.45, 2.75) is 12.8 Å². The zero-order chi connectivity index (χ0) is 19.1. The van der Waals surface area contributed by atoms with E-state index in [1.54, 1.807) is 24.3 Å². The van der Waals surface area contributed by atoms with Crippen molar-refractivity contribution < 1.29 is 28.7 Å². The van der Waals surface area contributed by atoms with Gasteiger partial charge in [0.1, 0.15) is 11.5 Å². The Labute approximate surface area is 150 Å². The van der Waals surface area contributed by atoms with Crippen molar-refractivity contribution in [1.82, 2.24) is 0 Å². The number of methoxy groups -OCH3 is 2. The summed E-state index contributed by atoms with van der Waals surface area (Å²) in [6.45, 7) is 0. The summed E-state index contributed by atoms with van der Waals surface area (Å²) in [5.74, 6) is -1.57. The highest BCUT2D eigenvalue weighted by molar-refractivity contribution is 6.44. The average Bonchev–Trinajstić information content (AvgIpc) is 2.67. The van der Waals surface area contributed by atoms with Gasteiger partial charge in [0, 0.05) is 11.1 Å². The summed E-state index contributed by atoms with van der Waals surface area (Å²) < 4.78 is 9.98. The Morgan fingerprint density at radius 3 is 1.19 bits per heavy atom. The smallest absolute Gasteiger partial charge is 0.206 e. The molecule has 0 radical (unpaired) electrons. The first-order valence-corrected chi connectivity index (χ1v) is 7.85. The van der Waals surface area contributed by atoms with Gasteiger partial charge in [-0.3, -0.25) is 19.2 Å². The molecule has 0 aliphatic rings. The first kappa shape index (κ1) is 19.1. The van der Waals surface area contributed by atoms with Crippen LogP contribution in [0.25, 0.3) is 0 Å². The highest BCUT2D eigenvalue weighted by atomic mass is 16.5. The molecule has 0 atom stereocenters. The molecule has 0 aliphatic heterocycles. The van der Waals surface area contributed by atoms with Crippen LogP contribution in [0.3, 0.4) is 0 Å². The molecule has 0 bridgehead atoms. The van der Waals surface area contributed by atoms with Crippen LogP contribution in [0.5, 0.6) is 11.5 Å². The van der Waals surface area contributed by atoms with Gasteiger partial charge in [-0.1, -0.05) is 0 Å². The molecule has 0 saturated heterocycles. The van der Waals surface area contributed by atoms with Crippen molar-refractivity contribution in [3.05, 3.63) is 59.7 Å². The first-order chi connectivity index (χ1) is 12.4. The van der Waals surface area contributed by atoms with Gasteiger partial charge in [0.05, 0.1) is 27.1 Å². The van der Waals surface area contributed by atoms with Crippen LogP contribution in [0.2, 0.25) is 0 Å². The molecular weight excluding hydrogens is 336 g/mol. The van der Waals surface area contributed by atoms with Crippen LogP contribution in [-0.2, 0) is 9.59 Å². The van der Waals surface area contributed by atoms with Gasteiger partial charge < -0.3 is 9.47 Å². The minimum absolute atomic E-state index is 0.299. The molecule has 0 unspecified atom stereocenters. The van der Waals surface area contributed by atoms with Crippen LogP contribution >= 0.6 is 0 Å². The lowest BCUT2D eigenvalue weighted by Gasteiger charge is -2.04. The van der Waals surface area contributed by atoms with Gasteiger partial charge in [0.2, 0.25) is 11.6 Å².